The molecule has 1 fully saturated rings. The molecule has 3 aromatic rings. The summed E-state index contributed by atoms with van der Waals surface area (Å²) in [6.07, 6.45) is 3.75. The molecule has 0 amide bonds. The third-order valence-electron chi connectivity index (χ3n) is 4.58. The van der Waals surface area contributed by atoms with Crippen molar-refractivity contribution in [2.45, 2.75) is 12.1 Å². The van der Waals surface area contributed by atoms with E-state index in [-0.39, 0.29) is 17.8 Å². The standard InChI is InChI=1S/C19H17ClN4OS/c1-23-10-4-6-14(23)18-17(13-5-2-3-9-21-13)22-19(26)24(18)15-11-12(20)7-8-16(15)25/h2-11,17-18,25H,1H3,(H,22,26)/t17-,18-/m1/s1. The highest BCUT2D eigenvalue weighted by Gasteiger charge is 2.42. The Labute approximate surface area is 161 Å². The number of pyridine rings is 1. The SMILES string of the molecule is Cn1cccc1[C@@H]1[C@@H](c2ccccn2)NC(=S)N1c1cc(Cl)ccc1O. The van der Waals surface area contributed by atoms with Crippen molar-refractivity contribution < 1.29 is 5.11 Å². The molecule has 1 saturated heterocycles. The van der Waals surface area contributed by atoms with Gasteiger partial charge in [0.1, 0.15) is 11.8 Å². The summed E-state index contributed by atoms with van der Waals surface area (Å²) in [6, 6.07) is 14.5. The zero-order chi connectivity index (χ0) is 18.3. The lowest BCUT2D eigenvalue weighted by atomic mass is 10.0. The van der Waals surface area contributed by atoms with Crippen molar-refractivity contribution in [3.63, 3.8) is 0 Å². The molecule has 1 aliphatic heterocycles. The smallest absolute Gasteiger partial charge is 0.174 e. The fraction of sp³-hybridized carbons (Fsp3) is 0.158. The van der Waals surface area contributed by atoms with E-state index in [2.05, 4.69) is 10.3 Å². The molecule has 5 nitrogen and oxygen atoms in total. The van der Waals surface area contributed by atoms with Gasteiger partial charge in [-0.15, -0.1) is 0 Å². The molecule has 132 valence electrons. The van der Waals surface area contributed by atoms with Crippen molar-refractivity contribution >= 4 is 34.6 Å². The van der Waals surface area contributed by atoms with Crippen molar-refractivity contribution in [3.8, 4) is 5.75 Å². The van der Waals surface area contributed by atoms with E-state index in [9.17, 15) is 5.11 Å². The molecule has 0 bridgehead atoms. The van der Waals surface area contributed by atoms with E-state index in [1.165, 1.54) is 0 Å². The quantitative estimate of drug-likeness (QED) is 0.669. The number of halogens is 1. The summed E-state index contributed by atoms with van der Waals surface area (Å²) < 4.78 is 2.05. The van der Waals surface area contributed by atoms with E-state index in [1.807, 2.05) is 53.0 Å². The number of rotatable bonds is 3. The predicted molar refractivity (Wildman–Crippen MR) is 106 cm³/mol. The first-order chi connectivity index (χ1) is 12.6. The van der Waals surface area contributed by atoms with E-state index in [0.717, 1.165) is 11.4 Å². The number of benzene rings is 1. The second kappa shape index (κ2) is 6.63. The summed E-state index contributed by atoms with van der Waals surface area (Å²) in [4.78, 5) is 6.41. The molecule has 0 radical (unpaired) electrons. The monoisotopic (exact) mass is 384 g/mol. The van der Waals surface area contributed by atoms with Crippen LogP contribution in [0.25, 0.3) is 0 Å². The predicted octanol–water partition coefficient (Wildman–Crippen LogP) is 3.96. The Balaban J connectivity index is 1.88. The molecule has 4 rings (SSSR count). The average molecular weight is 385 g/mol. The number of nitrogens with zero attached hydrogens (tertiary/aromatic N) is 3. The van der Waals surface area contributed by atoms with Gasteiger partial charge in [-0.2, -0.15) is 0 Å². The van der Waals surface area contributed by atoms with Crippen LogP contribution in [-0.4, -0.2) is 19.8 Å². The van der Waals surface area contributed by atoms with Crippen LogP contribution in [0.15, 0.2) is 60.9 Å². The summed E-state index contributed by atoms with van der Waals surface area (Å²) in [5, 5.41) is 14.9. The van der Waals surface area contributed by atoms with E-state index in [1.54, 1.807) is 24.4 Å². The van der Waals surface area contributed by atoms with Crippen molar-refractivity contribution in [2.24, 2.45) is 7.05 Å². The molecule has 2 aromatic heterocycles. The molecule has 2 atom stereocenters. The van der Waals surface area contributed by atoms with Crippen molar-refractivity contribution in [1.29, 1.82) is 0 Å². The molecule has 26 heavy (non-hydrogen) atoms. The van der Waals surface area contributed by atoms with Crippen LogP contribution in [-0.2, 0) is 7.05 Å². The molecule has 7 heteroatoms. The zero-order valence-electron chi connectivity index (χ0n) is 14.0. The van der Waals surface area contributed by atoms with Crippen molar-refractivity contribution in [2.75, 3.05) is 4.90 Å². The number of aromatic hydroxyl groups is 1. The van der Waals surface area contributed by atoms with Gasteiger partial charge in [-0.25, -0.2) is 0 Å². The molecule has 0 unspecified atom stereocenters. The number of phenols is 1. The zero-order valence-corrected chi connectivity index (χ0v) is 15.6. The Morgan fingerprint density at radius 2 is 2.04 bits per heavy atom. The number of hydrogen-bond donors (Lipinski definition) is 2. The summed E-state index contributed by atoms with van der Waals surface area (Å²) in [6.45, 7) is 0. The number of thiocarbonyl (C=S) groups is 1. The molecule has 1 aliphatic rings. The van der Waals surface area contributed by atoms with Gasteiger partial charge < -0.3 is 19.9 Å². The van der Waals surface area contributed by atoms with Gasteiger partial charge in [-0.05, 0) is 54.7 Å². The number of aromatic nitrogens is 2. The van der Waals surface area contributed by atoms with Crippen LogP contribution < -0.4 is 10.2 Å². The molecule has 2 N–H and O–H groups in total. The Kier molecular flexibility index (Phi) is 4.30. The van der Waals surface area contributed by atoms with Gasteiger partial charge in [0, 0.05) is 30.2 Å². The van der Waals surface area contributed by atoms with E-state index in [0.29, 0.717) is 15.8 Å². The topological polar surface area (TPSA) is 53.3 Å². The fourth-order valence-corrected chi connectivity index (χ4v) is 3.89. The second-order valence-corrected chi connectivity index (χ2v) is 7.00. The highest BCUT2D eigenvalue weighted by atomic mass is 35.5. The van der Waals surface area contributed by atoms with E-state index in [4.69, 9.17) is 23.8 Å². The first-order valence-electron chi connectivity index (χ1n) is 8.16. The van der Waals surface area contributed by atoms with Crippen LogP contribution >= 0.6 is 23.8 Å². The van der Waals surface area contributed by atoms with Gasteiger partial charge in [0.2, 0.25) is 0 Å². The van der Waals surface area contributed by atoms with E-state index < -0.39 is 0 Å². The first kappa shape index (κ1) is 16.9. The minimum Gasteiger partial charge on any atom is -0.506 e. The van der Waals surface area contributed by atoms with Gasteiger partial charge in [-0.3, -0.25) is 4.98 Å². The van der Waals surface area contributed by atoms with Gasteiger partial charge in [0.25, 0.3) is 0 Å². The normalized spacial score (nSPS) is 19.6. The molecule has 0 saturated carbocycles. The molecule has 0 spiro atoms. The lowest BCUT2D eigenvalue weighted by Gasteiger charge is -2.28. The molecular formula is C19H17ClN4OS. The Morgan fingerprint density at radius 1 is 1.19 bits per heavy atom. The molecular weight excluding hydrogens is 368 g/mol. The van der Waals surface area contributed by atoms with Crippen LogP contribution in [0.5, 0.6) is 5.75 Å². The van der Waals surface area contributed by atoms with Crippen LogP contribution in [0.4, 0.5) is 5.69 Å². The van der Waals surface area contributed by atoms with Gasteiger partial charge in [-0.1, -0.05) is 17.7 Å². The van der Waals surface area contributed by atoms with Gasteiger partial charge in [0.05, 0.1) is 17.4 Å². The Morgan fingerprint density at radius 3 is 2.73 bits per heavy atom. The van der Waals surface area contributed by atoms with Crippen LogP contribution in [0, 0.1) is 0 Å². The number of aryl methyl sites for hydroxylation is 1. The van der Waals surface area contributed by atoms with Crippen LogP contribution in [0.2, 0.25) is 5.02 Å². The Hall–Kier alpha value is -2.57. The van der Waals surface area contributed by atoms with Gasteiger partial charge in [0.15, 0.2) is 5.11 Å². The maximum atomic E-state index is 10.4. The number of nitrogens with one attached hydrogen (secondary N) is 1. The number of anilines is 1. The van der Waals surface area contributed by atoms with E-state index >= 15 is 0 Å². The summed E-state index contributed by atoms with van der Waals surface area (Å²) in [5.41, 5.74) is 2.50. The first-order valence-corrected chi connectivity index (χ1v) is 8.95. The molecule has 0 aliphatic carbocycles. The molecule has 1 aromatic carbocycles. The second-order valence-electron chi connectivity index (χ2n) is 6.17. The number of phenolic OH excluding ortho intramolecular Hbond substituents is 1. The largest absolute Gasteiger partial charge is 0.506 e. The lowest BCUT2D eigenvalue weighted by molar-refractivity contribution is 0.471. The minimum atomic E-state index is -0.179. The van der Waals surface area contributed by atoms with Crippen molar-refractivity contribution in [3.05, 3.63) is 77.3 Å². The minimum absolute atomic E-state index is 0.124. The summed E-state index contributed by atoms with van der Waals surface area (Å²) in [5.74, 6) is 0.124. The summed E-state index contributed by atoms with van der Waals surface area (Å²) in [7, 11) is 1.99. The highest BCUT2D eigenvalue weighted by Crippen LogP contribution is 2.44. The van der Waals surface area contributed by atoms with Crippen LogP contribution in [0.3, 0.4) is 0 Å². The number of hydrogen-bond acceptors (Lipinski definition) is 3. The maximum absolute atomic E-state index is 10.4. The lowest BCUT2D eigenvalue weighted by Crippen LogP contribution is -2.30. The molecule has 3 heterocycles. The third kappa shape index (κ3) is 2.81. The average Bonchev–Trinajstić information content (AvgIpc) is 3.20. The van der Waals surface area contributed by atoms with Gasteiger partial charge >= 0.3 is 0 Å². The maximum Gasteiger partial charge on any atom is 0.174 e. The fourth-order valence-electron chi connectivity index (χ4n) is 3.39. The Bertz CT molecular complexity index is 959. The summed E-state index contributed by atoms with van der Waals surface area (Å²) >= 11 is 11.8. The van der Waals surface area contributed by atoms with Crippen molar-refractivity contribution in [1.82, 2.24) is 14.9 Å². The highest BCUT2D eigenvalue weighted by molar-refractivity contribution is 7.80. The van der Waals surface area contributed by atoms with Crippen LogP contribution in [0.1, 0.15) is 23.5 Å². The third-order valence-corrected chi connectivity index (χ3v) is 5.13.